The second-order valence-corrected chi connectivity index (χ2v) is 4.77. The fourth-order valence-corrected chi connectivity index (χ4v) is 1.66. The Bertz CT molecular complexity index is 285. The van der Waals surface area contributed by atoms with Crippen LogP contribution in [0.3, 0.4) is 0 Å². The largest absolute Gasteiger partial charge is 0.480 e. The van der Waals surface area contributed by atoms with E-state index in [-0.39, 0.29) is 19.0 Å². The average molecular weight is 226 g/mol. The SMILES string of the molecule is O=C(O)CN(CC1CC1)C(=O)CNC1CC1. The molecule has 0 spiro atoms. The maximum absolute atomic E-state index is 11.8. The molecule has 2 fully saturated rings. The molecule has 0 aliphatic heterocycles. The molecule has 0 unspecified atom stereocenters. The summed E-state index contributed by atoms with van der Waals surface area (Å²) in [5.41, 5.74) is 0. The molecule has 0 bridgehead atoms. The number of rotatable bonds is 7. The highest BCUT2D eigenvalue weighted by Crippen LogP contribution is 2.29. The molecule has 2 N–H and O–H groups in total. The van der Waals surface area contributed by atoms with Crippen molar-refractivity contribution in [1.82, 2.24) is 10.2 Å². The minimum absolute atomic E-state index is 0.0822. The molecule has 90 valence electrons. The fourth-order valence-electron chi connectivity index (χ4n) is 1.66. The van der Waals surface area contributed by atoms with Crippen molar-refractivity contribution in [3.8, 4) is 0 Å². The number of nitrogens with one attached hydrogen (secondary N) is 1. The summed E-state index contributed by atoms with van der Waals surface area (Å²) in [5.74, 6) is -0.481. The van der Waals surface area contributed by atoms with E-state index in [4.69, 9.17) is 5.11 Å². The number of carboxylic acid groups (broad SMARTS) is 1. The van der Waals surface area contributed by atoms with E-state index < -0.39 is 5.97 Å². The third-order valence-electron chi connectivity index (χ3n) is 2.97. The van der Waals surface area contributed by atoms with Crippen LogP contribution in [0.25, 0.3) is 0 Å². The molecule has 0 aromatic carbocycles. The molecule has 2 rings (SSSR count). The van der Waals surface area contributed by atoms with Crippen LogP contribution >= 0.6 is 0 Å². The summed E-state index contributed by atoms with van der Waals surface area (Å²) < 4.78 is 0. The lowest BCUT2D eigenvalue weighted by Crippen LogP contribution is -2.42. The van der Waals surface area contributed by atoms with Gasteiger partial charge in [-0.25, -0.2) is 0 Å². The molecule has 0 radical (unpaired) electrons. The standard InChI is InChI=1S/C11H18N2O3/c14-10(5-12-9-3-4-9)13(7-11(15)16)6-8-1-2-8/h8-9,12H,1-7H2,(H,15,16). The van der Waals surface area contributed by atoms with E-state index in [0.717, 1.165) is 25.7 Å². The molecule has 16 heavy (non-hydrogen) atoms. The minimum Gasteiger partial charge on any atom is -0.480 e. The Morgan fingerprint density at radius 1 is 1.25 bits per heavy atom. The van der Waals surface area contributed by atoms with E-state index in [2.05, 4.69) is 5.32 Å². The van der Waals surface area contributed by atoms with Crippen LogP contribution < -0.4 is 5.32 Å². The number of amides is 1. The first-order chi connectivity index (χ1) is 7.65. The number of carbonyl (C=O) groups excluding carboxylic acids is 1. The van der Waals surface area contributed by atoms with Gasteiger partial charge in [-0.05, 0) is 31.6 Å². The monoisotopic (exact) mass is 226 g/mol. The van der Waals surface area contributed by atoms with E-state index in [1.807, 2.05) is 0 Å². The van der Waals surface area contributed by atoms with Gasteiger partial charge in [0.1, 0.15) is 6.54 Å². The third-order valence-corrected chi connectivity index (χ3v) is 2.97. The summed E-state index contributed by atoms with van der Waals surface area (Å²) in [5, 5.41) is 11.9. The number of aliphatic carboxylic acids is 1. The molecule has 0 saturated heterocycles. The van der Waals surface area contributed by atoms with Gasteiger partial charge >= 0.3 is 5.97 Å². The Hall–Kier alpha value is -1.10. The zero-order valence-electron chi connectivity index (χ0n) is 9.32. The third kappa shape index (κ3) is 3.81. The summed E-state index contributed by atoms with van der Waals surface area (Å²) in [6, 6.07) is 0.483. The van der Waals surface area contributed by atoms with E-state index in [1.54, 1.807) is 0 Å². The maximum Gasteiger partial charge on any atom is 0.323 e. The van der Waals surface area contributed by atoms with Crippen LogP contribution in [0.4, 0.5) is 0 Å². The smallest absolute Gasteiger partial charge is 0.323 e. The maximum atomic E-state index is 11.8. The topological polar surface area (TPSA) is 69.6 Å². The summed E-state index contributed by atoms with van der Waals surface area (Å²) in [7, 11) is 0. The van der Waals surface area contributed by atoms with Crippen molar-refractivity contribution >= 4 is 11.9 Å². The van der Waals surface area contributed by atoms with Gasteiger partial charge in [-0.3, -0.25) is 9.59 Å². The van der Waals surface area contributed by atoms with Crippen LogP contribution in [-0.4, -0.2) is 47.6 Å². The molecule has 0 aromatic heterocycles. The lowest BCUT2D eigenvalue weighted by molar-refractivity contribution is -0.144. The van der Waals surface area contributed by atoms with Crippen LogP contribution in [0.1, 0.15) is 25.7 Å². The second kappa shape index (κ2) is 4.82. The van der Waals surface area contributed by atoms with Crippen molar-refractivity contribution < 1.29 is 14.7 Å². The summed E-state index contributed by atoms with van der Waals surface area (Å²) in [4.78, 5) is 23.9. The van der Waals surface area contributed by atoms with Crippen molar-refractivity contribution in [3.05, 3.63) is 0 Å². The van der Waals surface area contributed by atoms with Crippen LogP contribution in [0.2, 0.25) is 0 Å². The summed E-state index contributed by atoms with van der Waals surface area (Å²) in [6.07, 6.45) is 4.52. The van der Waals surface area contributed by atoms with Crippen molar-refractivity contribution in [2.24, 2.45) is 5.92 Å². The van der Waals surface area contributed by atoms with E-state index in [1.165, 1.54) is 4.90 Å². The zero-order chi connectivity index (χ0) is 11.5. The van der Waals surface area contributed by atoms with Crippen LogP contribution in [0.15, 0.2) is 0 Å². The molecule has 5 heteroatoms. The highest BCUT2D eigenvalue weighted by atomic mass is 16.4. The summed E-state index contributed by atoms with van der Waals surface area (Å²) in [6.45, 7) is 0.726. The molecule has 5 nitrogen and oxygen atoms in total. The quantitative estimate of drug-likeness (QED) is 0.644. The van der Waals surface area contributed by atoms with E-state index >= 15 is 0 Å². The molecule has 0 atom stereocenters. The Morgan fingerprint density at radius 3 is 2.44 bits per heavy atom. The lowest BCUT2D eigenvalue weighted by Gasteiger charge is -2.20. The van der Waals surface area contributed by atoms with Gasteiger partial charge in [0.2, 0.25) is 5.91 Å². The Balaban J connectivity index is 1.76. The zero-order valence-corrected chi connectivity index (χ0v) is 9.32. The van der Waals surface area contributed by atoms with Gasteiger partial charge in [-0.15, -0.1) is 0 Å². The van der Waals surface area contributed by atoms with Gasteiger partial charge in [-0.1, -0.05) is 0 Å². The molecule has 2 aliphatic carbocycles. The van der Waals surface area contributed by atoms with E-state index in [0.29, 0.717) is 18.5 Å². The number of carbonyl (C=O) groups is 2. The van der Waals surface area contributed by atoms with Gasteiger partial charge in [0.15, 0.2) is 0 Å². The lowest BCUT2D eigenvalue weighted by atomic mass is 10.3. The van der Waals surface area contributed by atoms with Crippen molar-refractivity contribution in [2.75, 3.05) is 19.6 Å². The van der Waals surface area contributed by atoms with Gasteiger partial charge in [-0.2, -0.15) is 0 Å². The van der Waals surface area contributed by atoms with Crippen LogP contribution in [0.5, 0.6) is 0 Å². The van der Waals surface area contributed by atoms with Gasteiger partial charge < -0.3 is 15.3 Å². The van der Waals surface area contributed by atoms with Crippen LogP contribution in [0, 0.1) is 5.92 Å². The van der Waals surface area contributed by atoms with Gasteiger partial charge in [0.05, 0.1) is 6.54 Å². The summed E-state index contributed by atoms with van der Waals surface area (Å²) >= 11 is 0. The Morgan fingerprint density at radius 2 is 1.94 bits per heavy atom. The first-order valence-corrected chi connectivity index (χ1v) is 5.88. The van der Waals surface area contributed by atoms with Crippen molar-refractivity contribution in [2.45, 2.75) is 31.7 Å². The molecule has 2 saturated carbocycles. The minimum atomic E-state index is -0.930. The molecular formula is C11H18N2O3. The molecule has 1 amide bonds. The van der Waals surface area contributed by atoms with E-state index in [9.17, 15) is 9.59 Å². The highest BCUT2D eigenvalue weighted by molar-refractivity contribution is 5.82. The highest BCUT2D eigenvalue weighted by Gasteiger charge is 2.28. The predicted octanol–water partition coefficient (Wildman–Crippen LogP) is 0.0616. The van der Waals surface area contributed by atoms with Gasteiger partial charge in [0.25, 0.3) is 0 Å². The first kappa shape index (κ1) is 11.4. The number of carboxylic acids is 1. The normalized spacial score (nSPS) is 19.5. The van der Waals surface area contributed by atoms with Crippen LogP contribution in [-0.2, 0) is 9.59 Å². The first-order valence-electron chi connectivity index (χ1n) is 5.88. The van der Waals surface area contributed by atoms with Crippen molar-refractivity contribution in [1.29, 1.82) is 0 Å². The number of hydrogen-bond acceptors (Lipinski definition) is 3. The number of hydrogen-bond donors (Lipinski definition) is 2. The Kier molecular flexibility index (Phi) is 3.43. The molecule has 2 aliphatic rings. The fraction of sp³-hybridized carbons (Fsp3) is 0.818. The average Bonchev–Trinajstić information content (AvgIpc) is 3.06. The number of nitrogens with zero attached hydrogens (tertiary/aromatic N) is 1. The molecular weight excluding hydrogens is 208 g/mol. The Labute approximate surface area is 94.8 Å². The van der Waals surface area contributed by atoms with Gasteiger partial charge in [0, 0.05) is 12.6 Å². The molecule has 0 heterocycles. The van der Waals surface area contributed by atoms with Crippen molar-refractivity contribution in [3.63, 3.8) is 0 Å². The second-order valence-electron chi connectivity index (χ2n) is 4.77. The molecule has 0 aromatic rings. The predicted molar refractivity (Wildman–Crippen MR) is 58.0 cm³/mol.